The number of furan rings is 1. The molecule has 0 fully saturated rings. The van der Waals surface area contributed by atoms with Crippen LogP contribution in [0.25, 0.3) is 0 Å². The van der Waals surface area contributed by atoms with Gasteiger partial charge in [0.1, 0.15) is 5.76 Å². The molecule has 2 aromatic rings. The average molecular weight is 264 g/mol. The van der Waals surface area contributed by atoms with Gasteiger partial charge in [0.05, 0.1) is 12.3 Å². The number of hydrogen-bond donors (Lipinski definition) is 1. The van der Waals surface area contributed by atoms with E-state index in [1.54, 1.807) is 6.26 Å². The molecule has 1 heterocycles. The molecule has 2 atom stereocenters. The highest BCUT2D eigenvalue weighted by atomic mass is 35.5. The van der Waals surface area contributed by atoms with Gasteiger partial charge in [-0.25, -0.2) is 0 Å². The Balaban J connectivity index is 2.08. The molecule has 0 amide bonds. The van der Waals surface area contributed by atoms with Crippen LogP contribution in [0.3, 0.4) is 0 Å². The number of halogens is 1. The van der Waals surface area contributed by atoms with E-state index in [9.17, 15) is 0 Å². The van der Waals surface area contributed by atoms with Gasteiger partial charge in [-0.3, -0.25) is 0 Å². The molecular formula is C15H18ClNO. The van der Waals surface area contributed by atoms with Crippen LogP contribution < -0.4 is 5.32 Å². The van der Waals surface area contributed by atoms with E-state index in [-0.39, 0.29) is 12.1 Å². The van der Waals surface area contributed by atoms with E-state index in [2.05, 4.69) is 25.2 Å². The molecule has 18 heavy (non-hydrogen) atoms. The molecule has 0 saturated heterocycles. The van der Waals surface area contributed by atoms with Crippen LogP contribution in [0.2, 0.25) is 5.02 Å². The Kier molecular flexibility index (Phi) is 4.45. The van der Waals surface area contributed by atoms with Gasteiger partial charge in [0.2, 0.25) is 0 Å². The van der Waals surface area contributed by atoms with Crippen molar-refractivity contribution in [2.45, 2.75) is 32.4 Å². The number of benzene rings is 1. The molecule has 2 rings (SSSR count). The lowest BCUT2D eigenvalue weighted by atomic mass is 10.1. The van der Waals surface area contributed by atoms with Gasteiger partial charge in [0.25, 0.3) is 0 Å². The van der Waals surface area contributed by atoms with Gasteiger partial charge in [-0.15, -0.1) is 0 Å². The van der Waals surface area contributed by atoms with Gasteiger partial charge in [0, 0.05) is 11.1 Å². The molecule has 2 nitrogen and oxygen atoms in total. The van der Waals surface area contributed by atoms with Gasteiger partial charge in [-0.2, -0.15) is 0 Å². The molecule has 0 aliphatic rings. The fraction of sp³-hybridized carbons (Fsp3) is 0.333. The van der Waals surface area contributed by atoms with Crippen molar-refractivity contribution in [2.24, 2.45) is 0 Å². The van der Waals surface area contributed by atoms with Crippen LogP contribution in [0.15, 0.2) is 47.1 Å². The fourth-order valence-corrected chi connectivity index (χ4v) is 2.26. The zero-order chi connectivity index (χ0) is 13.0. The van der Waals surface area contributed by atoms with Crippen molar-refractivity contribution in [1.29, 1.82) is 0 Å². The van der Waals surface area contributed by atoms with E-state index < -0.39 is 0 Å². The van der Waals surface area contributed by atoms with Crippen LogP contribution >= 0.6 is 11.6 Å². The Morgan fingerprint density at radius 3 is 2.72 bits per heavy atom. The Morgan fingerprint density at radius 1 is 1.28 bits per heavy atom. The predicted molar refractivity (Wildman–Crippen MR) is 74.7 cm³/mol. The molecule has 3 heteroatoms. The second-order valence-electron chi connectivity index (χ2n) is 4.42. The van der Waals surface area contributed by atoms with Crippen molar-refractivity contribution < 1.29 is 4.42 Å². The summed E-state index contributed by atoms with van der Waals surface area (Å²) in [7, 11) is 0. The van der Waals surface area contributed by atoms with Crippen LogP contribution in [-0.2, 0) is 0 Å². The molecule has 0 radical (unpaired) electrons. The van der Waals surface area contributed by atoms with Crippen molar-refractivity contribution in [2.75, 3.05) is 0 Å². The highest BCUT2D eigenvalue weighted by Gasteiger charge is 2.15. The monoisotopic (exact) mass is 263 g/mol. The van der Waals surface area contributed by atoms with Gasteiger partial charge in [-0.05, 0) is 43.2 Å². The summed E-state index contributed by atoms with van der Waals surface area (Å²) in [5, 5.41) is 4.33. The lowest BCUT2D eigenvalue weighted by Crippen LogP contribution is -2.23. The summed E-state index contributed by atoms with van der Waals surface area (Å²) in [6.07, 6.45) is 2.70. The Bertz CT molecular complexity index is 481. The Hall–Kier alpha value is -1.25. The molecule has 0 aliphatic carbocycles. The van der Waals surface area contributed by atoms with Gasteiger partial charge in [0.15, 0.2) is 0 Å². The molecule has 0 saturated carbocycles. The predicted octanol–water partition coefficient (Wildman–Crippen LogP) is 4.73. The minimum absolute atomic E-state index is 0.231. The number of nitrogens with one attached hydrogen (secondary N) is 1. The third-order valence-corrected chi connectivity index (χ3v) is 3.33. The second-order valence-corrected chi connectivity index (χ2v) is 4.86. The Labute approximate surface area is 113 Å². The summed E-state index contributed by atoms with van der Waals surface area (Å²) in [4.78, 5) is 0. The maximum absolute atomic E-state index is 6.01. The summed E-state index contributed by atoms with van der Waals surface area (Å²) in [6.45, 7) is 4.28. The summed E-state index contributed by atoms with van der Waals surface area (Å²) in [6, 6.07) is 12.3. The van der Waals surface area contributed by atoms with E-state index in [0.717, 1.165) is 17.2 Å². The van der Waals surface area contributed by atoms with Crippen LogP contribution in [-0.4, -0.2) is 0 Å². The summed E-state index contributed by atoms with van der Waals surface area (Å²) in [5.74, 6) is 0.978. The molecule has 1 aromatic carbocycles. The van der Waals surface area contributed by atoms with Crippen LogP contribution in [0.1, 0.15) is 43.7 Å². The van der Waals surface area contributed by atoms with Crippen molar-refractivity contribution in [3.63, 3.8) is 0 Å². The normalized spacial score (nSPS) is 14.4. The first-order valence-corrected chi connectivity index (χ1v) is 6.63. The summed E-state index contributed by atoms with van der Waals surface area (Å²) >= 11 is 6.01. The summed E-state index contributed by atoms with van der Waals surface area (Å²) in [5.41, 5.74) is 1.19. The highest BCUT2D eigenvalue weighted by Crippen LogP contribution is 2.23. The second kappa shape index (κ2) is 6.07. The largest absolute Gasteiger partial charge is 0.468 e. The lowest BCUT2D eigenvalue weighted by molar-refractivity contribution is 0.376. The first-order chi connectivity index (χ1) is 8.70. The maximum atomic E-state index is 6.01. The smallest absolute Gasteiger partial charge is 0.120 e. The molecular weight excluding hydrogens is 246 g/mol. The molecule has 0 aliphatic heterocycles. The fourth-order valence-electron chi connectivity index (χ4n) is 2.06. The first kappa shape index (κ1) is 13.2. The minimum Gasteiger partial charge on any atom is -0.468 e. The van der Waals surface area contributed by atoms with Crippen LogP contribution in [0.4, 0.5) is 0 Å². The topological polar surface area (TPSA) is 25.2 Å². The summed E-state index contributed by atoms with van der Waals surface area (Å²) < 4.78 is 5.46. The molecule has 0 bridgehead atoms. The lowest BCUT2D eigenvalue weighted by Gasteiger charge is -2.21. The van der Waals surface area contributed by atoms with Crippen molar-refractivity contribution in [3.05, 3.63) is 59.0 Å². The first-order valence-electron chi connectivity index (χ1n) is 6.25. The molecule has 0 spiro atoms. The third-order valence-electron chi connectivity index (χ3n) is 3.09. The zero-order valence-corrected chi connectivity index (χ0v) is 11.4. The van der Waals surface area contributed by atoms with E-state index in [1.165, 1.54) is 5.56 Å². The van der Waals surface area contributed by atoms with E-state index in [4.69, 9.17) is 16.0 Å². The Morgan fingerprint density at radius 2 is 2.11 bits per heavy atom. The van der Waals surface area contributed by atoms with E-state index in [1.807, 2.05) is 30.3 Å². The number of rotatable bonds is 5. The molecule has 1 unspecified atom stereocenters. The third kappa shape index (κ3) is 3.15. The van der Waals surface area contributed by atoms with Crippen molar-refractivity contribution >= 4 is 11.6 Å². The van der Waals surface area contributed by atoms with Gasteiger partial charge >= 0.3 is 0 Å². The SMILES string of the molecule is CCC(N[C@@H](C)c1cccc(Cl)c1)c1ccco1. The number of hydrogen-bond acceptors (Lipinski definition) is 2. The van der Waals surface area contributed by atoms with Crippen LogP contribution in [0.5, 0.6) is 0 Å². The standard InChI is InChI=1S/C15H18ClNO/c1-3-14(15-8-5-9-18-15)17-11(2)12-6-4-7-13(16)10-12/h4-11,14,17H,3H2,1-2H3/t11-,14?/m0/s1. The van der Waals surface area contributed by atoms with Gasteiger partial charge < -0.3 is 9.73 Å². The van der Waals surface area contributed by atoms with E-state index in [0.29, 0.717) is 0 Å². The van der Waals surface area contributed by atoms with Crippen LogP contribution in [0, 0.1) is 0 Å². The van der Waals surface area contributed by atoms with Gasteiger partial charge in [-0.1, -0.05) is 30.7 Å². The van der Waals surface area contributed by atoms with Crippen molar-refractivity contribution in [3.8, 4) is 0 Å². The molecule has 1 N–H and O–H groups in total. The van der Waals surface area contributed by atoms with E-state index >= 15 is 0 Å². The quantitative estimate of drug-likeness (QED) is 0.843. The van der Waals surface area contributed by atoms with Crippen molar-refractivity contribution in [1.82, 2.24) is 5.32 Å². The average Bonchev–Trinajstić information content (AvgIpc) is 2.89. The zero-order valence-electron chi connectivity index (χ0n) is 10.7. The minimum atomic E-state index is 0.231. The molecule has 1 aromatic heterocycles. The maximum Gasteiger partial charge on any atom is 0.120 e. The molecule has 96 valence electrons. The highest BCUT2D eigenvalue weighted by molar-refractivity contribution is 6.30.